The van der Waals surface area contributed by atoms with Gasteiger partial charge in [0.1, 0.15) is 11.4 Å². The maximum absolute atomic E-state index is 12.9. The van der Waals surface area contributed by atoms with Crippen molar-refractivity contribution in [1.29, 1.82) is 0 Å². The van der Waals surface area contributed by atoms with E-state index in [1.165, 1.54) is 0 Å². The van der Waals surface area contributed by atoms with Crippen molar-refractivity contribution in [2.24, 2.45) is 0 Å². The second-order valence-corrected chi connectivity index (χ2v) is 2.71. The predicted octanol–water partition coefficient (Wildman–Crippen LogP) is 3.39. The molecule has 0 saturated carbocycles. The highest BCUT2D eigenvalue weighted by atomic mass is 19.4. The largest absolute Gasteiger partial charge is 0.464 e. The lowest BCUT2D eigenvalue weighted by Gasteiger charge is -2.06. The molecule has 1 nitrogen and oxygen atoms in total. The molecule has 0 saturated heterocycles. The summed E-state index contributed by atoms with van der Waals surface area (Å²) < 4.78 is 54.2. The van der Waals surface area contributed by atoms with Crippen LogP contribution in [0.15, 0.2) is 22.8 Å². The molecule has 1 radical (unpaired) electrons. The number of alkyl halides is 3. The van der Waals surface area contributed by atoms with E-state index in [1.54, 1.807) is 0 Å². The van der Waals surface area contributed by atoms with E-state index in [2.05, 4.69) is 10.5 Å². The van der Waals surface area contributed by atoms with E-state index in [1.807, 2.05) is 0 Å². The molecule has 0 aliphatic carbocycles. The highest BCUT2D eigenvalue weighted by Gasteiger charge is 2.34. The molecular weight excluding hydrogens is 200 g/mol. The highest BCUT2D eigenvalue weighted by Crippen LogP contribution is 2.33. The number of benzene rings is 1. The average Bonchev–Trinajstić information content (AvgIpc) is 2.47. The smallest absolute Gasteiger partial charge is 0.419 e. The monoisotopic (exact) mass is 203 g/mol. The van der Waals surface area contributed by atoms with Gasteiger partial charge in [0, 0.05) is 11.5 Å². The first-order valence-corrected chi connectivity index (χ1v) is 3.64. The van der Waals surface area contributed by atoms with Gasteiger partial charge in [-0.25, -0.2) is 4.39 Å². The van der Waals surface area contributed by atoms with Crippen molar-refractivity contribution in [3.05, 3.63) is 35.8 Å². The minimum atomic E-state index is -4.70. The Morgan fingerprint density at radius 3 is 2.57 bits per heavy atom. The minimum Gasteiger partial charge on any atom is -0.464 e. The summed E-state index contributed by atoms with van der Waals surface area (Å²) in [5.74, 6) is -1.32. The first kappa shape index (κ1) is 9.05. The second kappa shape index (κ2) is 2.73. The quantitative estimate of drug-likeness (QED) is 0.598. The lowest BCUT2D eigenvalue weighted by atomic mass is 10.1. The average molecular weight is 203 g/mol. The summed E-state index contributed by atoms with van der Waals surface area (Å²) in [6.45, 7) is 0. The number of halogens is 4. The van der Waals surface area contributed by atoms with Gasteiger partial charge in [-0.3, -0.25) is 0 Å². The molecule has 0 aliphatic rings. The van der Waals surface area contributed by atoms with Crippen LogP contribution in [-0.2, 0) is 6.18 Å². The Morgan fingerprint density at radius 1 is 1.21 bits per heavy atom. The van der Waals surface area contributed by atoms with E-state index >= 15 is 0 Å². The van der Waals surface area contributed by atoms with Gasteiger partial charge in [0.05, 0.1) is 11.8 Å². The number of hydrogen-bond donors (Lipinski definition) is 0. The van der Waals surface area contributed by atoms with Gasteiger partial charge >= 0.3 is 6.18 Å². The lowest BCUT2D eigenvalue weighted by molar-refractivity contribution is -0.139. The van der Waals surface area contributed by atoms with Crippen LogP contribution in [0.2, 0.25) is 0 Å². The fraction of sp³-hybridized carbons (Fsp3) is 0.111. The van der Waals surface area contributed by atoms with Crippen molar-refractivity contribution in [2.75, 3.05) is 0 Å². The van der Waals surface area contributed by atoms with E-state index < -0.39 is 17.6 Å². The molecule has 0 unspecified atom stereocenters. The molecule has 0 aliphatic heterocycles. The molecule has 1 heterocycles. The lowest BCUT2D eigenvalue weighted by Crippen LogP contribution is -2.07. The summed E-state index contributed by atoms with van der Waals surface area (Å²) in [5.41, 5.74) is -1.35. The number of hydrogen-bond acceptors (Lipinski definition) is 1. The summed E-state index contributed by atoms with van der Waals surface area (Å²) in [6.07, 6.45) is -3.62. The van der Waals surface area contributed by atoms with Crippen LogP contribution in [0.3, 0.4) is 0 Å². The number of rotatable bonds is 0. The second-order valence-electron chi connectivity index (χ2n) is 2.71. The topological polar surface area (TPSA) is 13.1 Å². The van der Waals surface area contributed by atoms with E-state index in [0.29, 0.717) is 6.07 Å². The van der Waals surface area contributed by atoms with E-state index in [0.717, 1.165) is 12.3 Å². The zero-order valence-electron chi connectivity index (χ0n) is 6.65. The van der Waals surface area contributed by atoms with Crippen molar-refractivity contribution in [3.63, 3.8) is 0 Å². The van der Waals surface area contributed by atoms with E-state index in [9.17, 15) is 17.6 Å². The maximum Gasteiger partial charge on any atom is 0.419 e. The summed E-state index contributed by atoms with van der Waals surface area (Å²) in [6, 6.07) is 3.84. The molecule has 0 amide bonds. The summed E-state index contributed by atoms with van der Waals surface area (Å²) >= 11 is 0. The minimum absolute atomic E-state index is 0.0290. The molecule has 0 atom stereocenters. The molecule has 0 fully saturated rings. The Morgan fingerprint density at radius 2 is 1.93 bits per heavy atom. The van der Waals surface area contributed by atoms with Crippen molar-refractivity contribution < 1.29 is 22.0 Å². The molecule has 0 spiro atoms. The van der Waals surface area contributed by atoms with E-state index in [-0.39, 0.29) is 11.0 Å². The Hall–Kier alpha value is -1.52. The van der Waals surface area contributed by atoms with Gasteiger partial charge in [-0.2, -0.15) is 13.2 Å². The molecule has 2 rings (SSSR count). The first-order chi connectivity index (χ1) is 6.48. The summed E-state index contributed by atoms with van der Waals surface area (Å²) in [5, 5.41) is 0.190. The number of fused-ring (bicyclic) bond motifs is 1. The van der Waals surface area contributed by atoms with Crippen LogP contribution in [0.5, 0.6) is 0 Å². The third-order valence-corrected chi connectivity index (χ3v) is 1.77. The van der Waals surface area contributed by atoms with Gasteiger partial charge in [0.25, 0.3) is 0 Å². The van der Waals surface area contributed by atoms with Crippen molar-refractivity contribution >= 4 is 11.0 Å². The Labute approximate surface area is 75.9 Å². The standard InChI is InChI=1S/C9H3F4O/c10-7-3-5-1-2-14-8(5)4-6(7)9(11,12)13/h2-4H. The third kappa shape index (κ3) is 1.34. The van der Waals surface area contributed by atoms with Gasteiger partial charge in [-0.05, 0) is 12.1 Å². The van der Waals surface area contributed by atoms with Crippen LogP contribution in [0.25, 0.3) is 11.0 Å². The van der Waals surface area contributed by atoms with Crippen molar-refractivity contribution in [3.8, 4) is 0 Å². The molecule has 5 heteroatoms. The van der Waals surface area contributed by atoms with Gasteiger partial charge < -0.3 is 4.42 Å². The molecule has 2 aromatic rings. The molecule has 1 aromatic carbocycles. The fourth-order valence-corrected chi connectivity index (χ4v) is 1.14. The van der Waals surface area contributed by atoms with Crippen LogP contribution in [0.4, 0.5) is 17.6 Å². The predicted molar refractivity (Wildman–Crippen MR) is 40.0 cm³/mol. The molecular formula is C9H3F4O. The van der Waals surface area contributed by atoms with Gasteiger partial charge in [-0.15, -0.1) is 0 Å². The Bertz CT molecular complexity index is 469. The molecule has 1 aromatic heterocycles. The van der Waals surface area contributed by atoms with Gasteiger partial charge in [0.2, 0.25) is 0 Å². The van der Waals surface area contributed by atoms with Crippen molar-refractivity contribution in [2.45, 2.75) is 6.18 Å². The molecule has 73 valence electrons. The fourth-order valence-electron chi connectivity index (χ4n) is 1.14. The maximum atomic E-state index is 12.9. The Balaban J connectivity index is 2.71. The summed E-state index contributed by atoms with van der Waals surface area (Å²) in [7, 11) is 0. The third-order valence-electron chi connectivity index (χ3n) is 1.77. The van der Waals surface area contributed by atoms with E-state index in [4.69, 9.17) is 0 Å². The van der Waals surface area contributed by atoms with Crippen LogP contribution >= 0.6 is 0 Å². The zero-order valence-corrected chi connectivity index (χ0v) is 6.65. The van der Waals surface area contributed by atoms with Crippen molar-refractivity contribution in [1.82, 2.24) is 0 Å². The van der Waals surface area contributed by atoms with Gasteiger partial charge in [-0.1, -0.05) is 0 Å². The highest BCUT2D eigenvalue weighted by molar-refractivity contribution is 5.77. The summed E-state index contributed by atoms with van der Waals surface area (Å²) in [4.78, 5) is 0. The molecule has 14 heavy (non-hydrogen) atoms. The zero-order chi connectivity index (χ0) is 10.3. The molecule has 0 N–H and O–H groups in total. The number of furan rings is 1. The van der Waals surface area contributed by atoms with Crippen LogP contribution in [-0.4, -0.2) is 0 Å². The normalized spacial score (nSPS) is 12.3. The SMILES string of the molecule is Fc1cc2[c]coc2cc1C(F)(F)F. The van der Waals surface area contributed by atoms with Crippen LogP contribution in [0.1, 0.15) is 5.56 Å². The first-order valence-electron chi connectivity index (χ1n) is 3.64. The van der Waals surface area contributed by atoms with Crippen LogP contribution < -0.4 is 0 Å². The van der Waals surface area contributed by atoms with Crippen LogP contribution in [0, 0.1) is 11.9 Å². The Kier molecular flexibility index (Phi) is 1.77. The molecule has 0 bridgehead atoms. The van der Waals surface area contributed by atoms with Gasteiger partial charge in [0.15, 0.2) is 0 Å².